The van der Waals surface area contributed by atoms with E-state index in [1.807, 2.05) is 24.3 Å². The van der Waals surface area contributed by atoms with E-state index in [0.717, 1.165) is 24.3 Å². The van der Waals surface area contributed by atoms with E-state index in [9.17, 15) is 9.59 Å². The lowest BCUT2D eigenvalue weighted by Gasteiger charge is -2.36. The van der Waals surface area contributed by atoms with E-state index >= 15 is 0 Å². The van der Waals surface area contributed by atoms with Gasteiger partial charge in [-0.15, -0.1) is 0 Å². The molecular formula is C19H23ClN4O3. The minimum atomic E-state index is -0.211. The maximum atomic E-state index is 12.4. The number of amides is 2. The fourth-order valence-electron chi connectivity index (χ4n) is 3.13. The van der Waals surface area contributed by atoms with E-state index in [1.165, 1.54) is 0 Å². The number of anilines is 1. The molecule has 2 amide bonds. The van der Waals surface area contributed by atoms with Gasteiger partial charge < -0.3 is 19.6 Å². The molecule has 1 N–H and O–H groups in total. The molecule has 0 radical (unpaired) electrons. The van der Waals surface area contributed by atoms with Gasteiger partial charge in [-0.3, -0.25) is 9.59 Å². The molecular weight excluding hydrogens is 368 g/mol. The summed E-state index contributed by atoms with van der Waals surface area (Å²) in [4.78, 5) is 28.5. The topological polar surface area (TPSA) is 78.7 Å². The van der Waals surface area contributed by atoms with Crippen LogP contribution in [0, 0.1) is 13.8 Å². The Bertz CT molecular complexity index is 791. The number of carbonyl (C=O) groups excluding carboxylic acids is 2. The molecule has 1 aromatic heterocycles. The highest BCUT2D eigenvalue weighted by atomic mass is 35.5. The van der Waals surface area contributed by atoms with Crippen LogP contribution in [0.2, 0.25) is 5.02 Å². The van der Waals surface area contributed by atoms with Crippen LogP contribution < -0.4 is 10.2 Å². The summed E-state index contributed by atoms with van der Waals surface area (Å²) in [6.45, 7) is 6.32. The number of hydrogen-bond acceptors (Lipinski definition) is 5. The molecule has 1 aliphatic heterocycles. The molecule has 2 heterocycles. The molecule has 1 saturated heterocycles. The third kappa shape index (κ3) is 4.80. The van der Waals surface area contributed by atoms with E-state index in [-0.39, 0.29) is 24.8 Å². The smallest absolute Gasteiger partial charge is 0.242 e. The zero-order valence-electron chi connectivity index (χ0n) is 15.5. The normalized spacial score (nSPS) is 14.3. The van der Waals surface area contributed by atoms with Crippen molar-refractivity contribution in [1.29, 1.82) is 0 Å². The van der Waals surface area contributed by atoms with Crippen molar-refractivity contribution in [2.75, 3.05) is 37.6 Å². The van der Waals surface area contributed by atoms with Crippen LogP contribution in [0.4, 0.5) is 5.69 Å². The maximum absolute atomic E-state index is 12.4. The van der Waals surface area contributed by atoms with Gasteiger partial charge in [0.15, 0.2) is 0 Å². The molecule has 0 atom stereocenters. The maximum Gasteiger partial charge on any atom is 0.242 e. The highest BCUT2D eigenvalue weighted by Crippen LogP contribution is 2.19. The van der Waals surface area contributed by atoms with Crippen LogP contribution in [0.5, 0.6) is 0 Å². The summed E-state index contributed by atoms with van der Waals surface area (Å²) in [6, 6.07) is 7.69. The Balaban J connectivity index is 1.44. The summed E-state index contributed by atoms with van der Waals surface area (Å²) in [5.74, 6) is 0.350. The highest BCUT2D eigenvalue weighted by molar-refractivity contribution is 6.30. The number of nitrogens with one attached hydrogen (secondary N) is 1. The quantitative estimate of drug-likeness (QED) is 0.844. The van der Waals surface area contributed by atoms with Gasteiger partial charge in [-0.25, -0.2) is 0 Å². The third-order valence-electron chi connectivity index (χ3n) is 4.78. The number of carbonyl (C=O) groups is 2. The average Bonchev–Trinajstić information content (AvgIpc) is 2.99. The molecule has 0 unspecified atom stereocenters. The molecule has 7 nitrogen and oxygen atoms in total. The van der Waals surface area contributed by atoms with Crippen molar-refractivity contribution >= 4 is 29.1 Å². The summed E-state index contributed by atoms with van der Waals surface area (Å²) in [5.41, 5.74) is 2.57. The zero-order valence-corrected chi connectivity index (χ0v) is 16.3. The van der Waals surface area contributed by atoms with Crippen molar-refractivity contribution in [2.45, 2.75) is 20.3 Å². The first-order valence-corrected chi connectivity index (χ1v) is 9.28. The van der Waals surface area contributed by atoms with Gasteiger partial charge in [-0.2, -0.15) is 0 Å². The number of aryl methyl sites for hydroxylation is 2. The van der Waals surface area contributed by atoms with E-state index in [1.54, 1.807) is 18.7 Å². The predicted octanol–water partition coefficient (Wildman–Crippen LogP) is 1.95. The van der Waals surface area contributed by atoms with Crippen LogP contribution >= 0.6 is 11.6 Å². The Kier molecular flexibility index (Phi) is 6.01. The zero-order chi connectivity index (χ0) is 19.4. The second kappa shape index (κ2) is 8.43. The molecule has 8 heteroatoms. The molecule has 0 spiro atoms. The molecule has 0 saturated carbocycles. The van der Waals surface area contributed by atoms with Crippen LogP contribution in [-0.2, 0) is 16.0 Å². The van der Waals surface area contributed by atoms with Gasteiger partial charge in [0, 0.05) is 42.5 Å². The number of halogens is 1. The van der Waals surface area contributed by atoms with Crippen LogP contribution in [0.15, 0.2) is 28.8 Å². The summed E-state index contributed by atoms with van der Waals surface area (Å²) < 4.78 is 5.05. The first kappa shape index (κ1) is 19.2. The Morgan fingerprint density at radius 2 is 1.81 bits per heavy atom. The number of piperazine rings is 1. The molecule has 144 valence electrons. The van der Waals surface area contributed by atoms with Crippen LogP contribution in [0.3, 0.4) is 0 Å². The summed E-state index contributed by atoms with van der Waals surface area (Å²) in [5, 5.41) is 7.23. The molecule has 2 aromatic rings. The Hall–Kier alpha value is -2.54. The van der Waals surface area contributed by atoms with Crippen molar-refractivity contribution in [3.63, 3.8) is 0 Å². The van der Waals surface area contributed by atoms with Gasteiger partial charge in [0.2, 0.25) is 11.8 Å². The van der Waals surface area contributed by atoms with Gasteiger partial charge in [0.25, 0.3) is 0 Å². The second-order valence-corrected chi connectivity index (χ2v) is 7.04. The van der Waals surface area contributed by atoms with Crippen molar-refractivity contribution < 1.29 is 14.1 Å². The lowest BCUT2D eigenvalue weighted by molar-refractivity contribution is -0.133. The van der Waals surface area contributed by atoms with Crippen LogP contribution in [0.25, 0.3) is 0 Å². The van der Waals surface area contributed by atoms with E-state index in [4.69, 9.17) is 16.1 Å². The van der Waals surface area contributed by atoms with E-state index in [0.29, 0.717) is 29.6 Å². The number of aromatic nitrogens is 1. The summed E-state index contributed by atoms with van der Waals surface area (Å²) in [6.07, 6.45) is 0.165. The Morgan fingerprint density at radius 3 is 2.41 bits per heavy atom. The molecule has 1 aromatic carbocycles. The first-order valence-electron chi connectivity index (χ1n) is 8.91. The molecule has 27 heavy (non-hydrogen) atoms. The fourth-order valence-corrected chi connectivity index (χ4v) is 3.26. The van der Waals surface area contributed by atoms with Crippen molar-refractivity contribution in [1.82, 2.24) is 15.4 Å². The fraction of sp³-hybridized carbons (Fsp3) is 0.421. The minimum absolute atomic E-state index is 0.00313. The largest absolute Gasteiger partial charge is 0.368 e. The number of benzene rings is 1. The standard InChI is InChI=1S/C19H23ClN4O3/c1-13-17(14(2)27-22-13)11-18(25)21-12-19(26)24-9-7-23(8-10-24)16-5-3-15(20)4-6-16/h3-6H,7-12H2,1-2H3,(H,21,25). The monoisotopic (exact) mass is 390 g/mol. The molecule has 1 fully saturated rings. The summed E-state index contributed by atoms with van der Waals surface area (Å²) >= 11 is 5.92. The number of hydrogen-bond donors (Lipinski definition) is 1. The number of rotatable bonds is 5. The Morgan fingerprint density at radius 1 is 1.15 bits per heavy atom. The molecule has 3 rings (SSSR count). The van der Waals surface area contributed by atoms with Crippen LogP contribution in [-0.4, -0.2) is 54.6 Å². The highest BCUT2D eigenvalue weighted by Gasteiger charge is 2.22. The van der Waals surface area contributed by atoms with Crippen LogP contribution in [0.1, 0.15) is 17.0 Å². The van der Waals surface area contributed by atoms with E-state index in [2.05, 4.69) is 15.4 Å². The molecule has 0 bridgehead atoms. The van der Waals surface area contributed by atoms with Crippen molar-refractivity contribution in [3.8, 4) is 0 Å². The number of nitrogens with zero attached hydrogens (tertiary/aromatic N) is 3. The van der Waals surface area contributed by atoms with Gasteiger partial charge in [-0.05, 0) is 38.1 Å². The lowest BCUT2D eigenvalue weighted by atomic mass is 10.1. The van der Waals surface area contributed by atoms with Crippen molar-refractivity contribution in [2.24, 2.45) is 0 Å². The minimum Gasteiger partial charge on any atom is -0.368 e. The van der Waals surface area contributed by atoms with Gasteiger partial charge >= 0.3 is 0 Å². The first-order chi connectivity index (χ1) is 12.9. The van der Waals surface area contributed by atoms with Gasteiger partial charge in [0.1, 0.15) is 5.76 Å². The Labute approximate surface area is 163 Å². The predicted molar refractivity (Wildman–Crippen MR) is 103 cm³/mol. The lowest BCUT2D eigenvalue weighted by Crippen LogP contribution is -2.51. The molecule has 0 aliphatic carbocycles. The molecule has 1 aliphatic rings. The second-order valence-electron chi connectivity index (χ2n) is 6.60. The third-order valence-corrected chi connectivity index (χ3v) is 5.03. The van der Waals surface area contributed by atoms with Gasteiger partial charge in [0.05, 0.1) is 18.7 Å². The average molecular weight is 391 g/mol. The van der Waals surface area contributed by atoms with Crippen molar-refractivity contribution in [3.05, 3.63) is 46.3 Å². The van der Waals surface area contributed by atoms with Gasteiger partial charge in [-0.1, -0.05) is 16.8 Å². The van der Waals surface area contributed by atoms with E-state index < -0.39 is 0 Å². The summed E-state index contributed by atoms with van der Waals surface area (Å²) in [7, 11) is 0. The SMILES string of the molecule is Cc1noc(C)c1CC(=O)NCC(=O)N1CCN(c2ccc(Cl)cc2)CC1.